The molecule has 150 valence electrons. The van der Waals surface area contributed by atoms with Gasteiger partial charge in [0.05, 0.1) is 21.8 Å². The molecule has 2 amide bonds. The summed E-state index contributed by atoms with van der Waals surface area (Å²) in [5.41, 5.74) is 2.02. The molecule has 0 unspecified atom stereocenters. The number of halogens is 1. The normalized spacial score (nSPS) is 13.4. The fourth-order valence-corrected chi connectivity index (χ4v) is 3.82. The highest BCUT2D eigenvalue weighted by molar-refractivity contribution is 14.0. The number of aromatic nitrogens is 1. The molecule has 2 aromatic rings. The highest BCUT2D eigenvalue weighted by atomic mass is 127. The first-order valence-electron chi connectivity index (χ1n) is 8.84. The van der Waals surface area contributed by atoms with Crippen molar-refractivity contribution in [2.75, 3.05) is 26.7 Å². The minimum atomic E-state index is -0.241. The van der Waals surface area contributed by atoms with Gasteiger partial charge in [-0.3, -0.25) is 19.5 Å². The van der Waals surface area contributed by atoms with Crippen molar-refractivity contribution in [2.24, 2.45) is 4.99 Å². The van der Waals surface area contributed by atoms with Gasteiger partial charge in [-0.15, -0.1) is 35.3 Å². The van der Waals surface area contributed by atoms with E-state index in [-0.39, 0.29) is 42.3 Å². The first kappa shape index (κ1) is 22.3. The molecule has 7 nitrogen and oxygen atoms in total. The molecule has 1 aromatic carbocycles. The number of fused-ring (bicyclic) bond motifs is 1. The van der Waals surface area contributed by atoms with E-state index >= 15 is 0 Å². The molecule has 0 radical (unpaired) electrons. The van der Waals surface area contributed by atoms with Crippen LogP contribution in [0.25, 0.3) is 0 Å². The Balaban J connectivity index is 0.00000280. The standard InChI is InChI=1S/C19H23N5O2S.HI/c1-12-13(2)27-16(23-12)8-9-21-19(20-3)22-10-11-24-17(25)14-6-4-5-7-15(14)18(24)26;/h4-7H,8-11H2,1-3H3,(H2,20,21,22);1H. The number of benzene rings is 1. The van der Waals surface area contributed by atoms with E-state index in [0.717, 1.165) is 17.1 Å². The largest absolute Gasteiger partial charge is 0.356 e. The van der Waals surface area contributed by atoms with E-state index < -0.39 is 0 Å². The Labute approximate surface area is 185 Å². The number of nitrogens with one attached hydrogen (secondary N) is 2. The van der Waals surface area contributed by atoms with Crippen LogP contribution in [0.15, 0.2) is 29.3 Å². The van der Waals surface area contributed by atoms with E-state index in [2.05, 4.69) is 27.5 Å². The number of imide groups is 1. The van der Waals surface area contributed by atoms with Gasteiger partial charge in [0.25, 0.3) is 11.8 Å². The molecule has 28 heavy (non-hydrogen) atoms. The van der Waals surface area contributed by atoms with Crippen LogP contribution in [0.1, 0.15) is 36.3 Å². The zero-order valence-electron chi connectivity index (χ0n) is 16.1. The second-order valence-electron chi connectivity index (χ2n) is 6.23. The molecule has 9 heteroatoms. The Kier molecular flexibility index (Phi) is 7.93. The van der Waals surface area contributed by atoms with E-state index in [9.17, 15) is 9.59 Å². The lowest BCUT2D eigenvalue weighted by atomic mass is 10.1. The number of thiazole rings is 1. The molecular formula is C19H24IN5O2S. The zero-order chi connectivity index (χ0) is 19.4. The van der Waals surface area contributed by atoms with Gasteiger partial charge in [-0.2, -0.15) is 0 Å². The summed E-state index contributed by atoms with van der Waals surface area (Å²) >= 11 is 1.71. The van der Waals surface area contributed by atoms with Crippen LogP contribution in [0, 0.1) is 13.8 Å². The van der Waals surface area contributed by atoms with Crippen LogP contribution in [-0.4, -0.2) is 54.3 Å². The zero-order valence-corrected chi connectivity index (χ0v) is 19.3. The van der Waals surface area contributed by atoms with Gasteiger partial charge in [0.1, 0.15) is 0 Å². The van der Waals surface area contributed by atoms with Crippen LogP contribution >= 0.6 is 35.3 Å². The lowest BCUT2D eigenvalue weighted by Crippen LogP contribution is -2.43. The van der Waals surface area contributed by atoms with Gasteiger partial charge in [-0.1, -0.05) is 12.1 Å². The van der Waals surface area contributed by atoms with Gasteiger partial charge in [0.15, 0.2) is 5.96 Å². The quantitative estimate of drug-likeness (QED) is 0.268. The lowest BCUT2D eigenvalue weighted by molar-refractivity contribution is 0.0657. The first-order valence-corrected chi connectivity index (χ1v) is 9.65. The third-order valence-corrected chi connectivity index (χ3v) is 5.57. The van der Waals surface area contributed by atoms with Crippen molar-refractivity contribution < 1.29 is 9.59 Å². The predicted molar refractivity (Wildman–Crippen MR) is 122 cm³/mol. The number of aliphatic imine (C=N–C) groups is 1. The Morgan fingerprint density at radius 3 is 2.25 bits per heavy atom. The summed E-state index contributed by atoms with van der Waals surface area (Å²) in [7, 11) is 1.69. The van der Waals surface area contributed by atoms with E-state index in [1.807, 2.05) is 6.92 Å². The maximum absolute atomic E-state index is 12.3. The Morgan fingerprint density at radius 1 is 1.11 bits per heavy atom. The number of carbonyl (C=O) groups is 2. The third-order valence-electron chi connectivity index (χ3n) is 4.43. The molecule has 2 N–H and O–H groups in total. The average Bonchev–Trinajstić information content (AvgIpc) is 3.11. The molecule has 0 saturated carbocycles. The van der Waals surface area contributed by atoms with E-state index in [4.69, 9.17) is 0 Å². The van der Waals surface area contributed by atoms with Crippen molar-refractivity contribution in [1.82, 2.24) is 20.5 Å². The summed E-state index contributed by atoms with van der Waals surface area (Å²) in [6.07, 6.45) is 0.818. The molecule has 0 spiro atoms. The maximum Gasteiger partial charge on any atom is 0.261 e. The summed E-state index contributed by atoms with van der Waals surface area (Å²) in [4.78, 5) is 35.9. The molecule has 0 atom stereocenters. The lowest BCUT2D eigenvalue weighted by Gasteiger charge is -2.16. The van der Waals surface area contributed by atoms with Crippen molar-refractivity contribution in [3.63, 3.8) is 0 Å². The molecule has 1 aromatic heterocycles. The Bertz CT molecular complexity index is 842. The molecule has 0 aliphatic carbocycles. The predicted octanol–water partition coefficient (Wildman–Crippen LogP) is 2.38. The third kappa shape index (κ3) is 4.88. The number of aryl methyl sites for hydroxylation is 2. The molecular weight excluding hydrogens is 489 g/mol. The molecule has 0 fully saturated rings. The fraction of sp³-hybridized carbons (Fsp3) is 0.368. The van der Waals surface area contributed by atoms with Gasteiger partial charge in [0.2, 0.25) is 0 Å². The van der Waals surface area contributed by atoms with Crippen LogP contribution in [0.4, 0.5) is 0 Å². The van der Waals surface area contributed by atoms with Crippen molar-refractivity contribution in [3.05, 3.63) is 51.0 Å². The summed E-state index contributed by atoms with van der Waals surface area (Å²) < 4.78 is 0. The molecule has 0 saturated heterocycles. The minimum absolute atomic E-state index is 0. The van der Waals surface area contributed by atoms with Crippen molar-refractivity contribution in [2.45, 2.75) is 20.3 Å². The van der Waals surface area contributed by atoms with Crippen LogP contribution in [0.3, 0.4) is 0 Å². The highest BCUT2D eigenvalue weighted by Gasteiger charge is 2.34. The van der Waals surface area contributed by atoms with Gasteiger partial charge in [-0.05, 0) is 26.0 Å². The highest BCUT2D eigenvalue weighted by Crippen LogP contribution is 2.21. The average molecular weight is 513 g/mol. The number of rotatable bonds is 6. The maximum atomic E-state index is 12.3. The van der Waals surface area contributed by atoms with Gasteiger partial charge < -0.3 is 10.6 Å². The fourth-order valence-electron chi connectivity index (χ4n) is 2.88. The SMILES string of the molecule is CN=C(NCCc1nc(C)c(C)s1)NCCN1C(=O)c2ccccc2C1=O.I. The van der Waals surface area contributed by atoms with Crippen LogP contribution in [0.5, 0.6) is 0 Å². The topological polar surface area (TPSA) is 86.7 Å². The number of guanidine groups is 1. The molecule has 0 bridgehead atoms. The van der Waals surface area contributed by atoms with Gasteiger partial charge in [0, 0.05) is 38.0 Å². The number of hydrogen-bond donors (Lipinski definition) is 2. The minimum Gasteiger partial charge on any atom is -0.356 e. The summed E-state index contributed by atoms with van der Waals surface area (Å²) in [5, 5.41) is 7.47. The van der Waals surface area contributed by atoms with Crippen molar-refractivity contribution in [3.8, 4) is 0 Å². The molecule has 1 aliphatic heterocycles. The summed E-state index contributed by atoms with van der Waals surface area (Å²) in [6, 6.07) is 6.91. The number of amides is 2. The second kappa shape index (κ2) is 9.97. The first-order chi connectivity index (χ1) is 13.0. The van der Waals surface area contributed by atoms with Gasteiger partial charge in [-0.25, -0.2) is 4.98 Å². The van der Waals surface area contributed by atoms with E-state index in [0.29, 0.717) is 30.2 Å². The number of carbonyl (C=O) groups excluding carboxylic acids is 2. The summed E-state index contributed by atoms with van der Waals surface area (Å²) in [6.45, 7) is 5.52. The van der Waals surface area contributed by atoms with E-state index in [1.165, 1.54) is 9.78 Å². The number of nitrogens with zero attached hydrogens (tertiary/aromatic N) is 3. The van der Waals surface area contributed by atoms with Crippen LogP contribution in [-0.2, 0) is 6.42 Å². The second-order valence-corrected chi connectivity index (χ2v) is 7.52. The van der Waals surface area contributed by atoms with Gasteiger partial charge >= 0.3 is 0 Å². The van der Waals surface area contributed by atoms with Crippen LogP contribution < -0.4 is 10.6 Å². The van der Waals surface area contributed by atoms with Crippen molar-refractivity contribution in [1.29, 1.82) is 0 Å². The van der Waals surface area contributed by atoms with Crippen LogP contribution in [0.2, 0.25) is 0 Å². The smallest absolute Gasteiger partial charge is 0.261 e. The van der Waals surface area contributed by atoms with E-state index in [1.54, 1.807) is 42.6 Å². The summed E-state index contributed by atoms with van der Waals surface area (Å²) in [5.74, 6) is 0.154. The molecule has 3 rings (SSSR count). The van der Waals surface area contributed by atoms with Crippen molar-refractivity contribution >= 4 is 53.1 Å². The monoisotopic (exact) mass is 513 g/mol. The Hall–Kier alpha value is -2.01. The molecule has 1 aliphatic rings. The number of hydrogen-bond acceptors (Lipinski definition) is 5. The Morgan fingerprint density at radius 2 is 1.71 bits per heavy atom. The molecule has 2 heterocycles.